The van der Waals surface area contributed by atoms with Gasteiger partial charge in [-0.15, -0.1) is 11.3 Å². The van der Waals surface area contributed by atoms with Gasteiger partial charge in [0.25, 0.3) is 0 Å². The molecule has 1 fully saturated rings. The van der Waals surface area contributed by atoms with Crippen molar-refractivity contribution in [3.05, 3.63) is 16.1 Å². The summed E-state index contributed by atoms with van der Waals surface area (Å²) in [6.45, 7) is 8.26. The van der Waals surface area contributed by atoms with Crippen LogP contribution in [-0.2, 0) is 11.3 Å². The molecule has 1 aromatic rings. The summed E-state index contributed by atoms with van der Waals surface area (Å²) in [5.74, 6) is 0. The summed E-state index contributed by atoms with van der Waals surface area (Å²) in [5, 5.41) is 6.74. The molecule has 1 saturated heterocycles. The van der Waals surface area contributed by atoms with Crippen LogP contribution in [0.15, 0.2) is 5.38 Å². The SMILES string of the molecule is CCCNCC1CCC(CN(C)Cc2csc(C)n2)O1. The van der Waals surface area contributed by atoms with Gasteiger partial charge < -0.3 is 10.1 Å². The average Bonchev–Trinajstić information content (AvgIpc) is 2.99. The number of hydrogen-bond donors (Lipinski definition) is 1. The molecule has 0 saturated carbocycles. The molecule has 0 bridgehead atoms. The van der Waals surface area contributed by atoms with Gasteiger partial charge in [-0.3, -0.25) is 4.90 Å². The van der Waals surface area contributed by atoms with Gasteiger partial charge in [-0.25, -0.2) is 4.98 Å². The van der Waals surface area contributed by atoms with E-state index in [1.165, 1.54) is 25.0 Å². The normalized spacial score (nSPS) is 22.8. The lowest BCUT2D eigenvalue weighted by molar-refractivity contribution is 0.0267. The summed E-state index contributed by atoms with van der Waals surface area (Å²) in [5.41, 5.74) is 1.18. The zero-order chi connectivity index (χ0) is 14.4. The van der Waals surface area contributed by atoms with Gasteiger partial charge in [-0.2, -0.15) is 0 Å². The molecule has 5 heteroatoms. The van der Waals surface area contributed by atoms with E-state index in [1.54, 1.807) is 11.3 Å². The Hall–Kier alpha value is -0.490. The predicted octanol–water partition coefficient (Wildman–Crippen LogP) is 2.43. The van der Waals surface area contributed by atoms with Crippen molar-refractivity contribution in [2.45, 2.75) is 51.9 Å². The minimum Gasteiger partial charge on any atom is -0.372 e. The summed E-state index contributed by atoms with van der Waals surface area (Å²) in [4.78, 5) is 6.84. The molecule has 0 spiro atoms. The topological polar surface area (TPSA) is 37.4 Å². The Morgan fingerprint density at radius 3 is 2.95 bits per heavy atom. The summed E-state index contributed by atoms with van der Waals surface area (Å²) >= 11 is 1.72. The lowest BCUT2D eigenvalue weighted by Crippen LogP contribution is -2.32. The van der Waals surface area contributed by atoms with E-state index in [0.29, 0.717) is 12.2 Å². The van der Waals surface area contributed by atoms with Crippen LogP contribution < -0.4 is 5.32 Å². The van der Waals surface area contributed by atoms with Crippen molar-refractivity contribution in [1.29, 1.82) is 0 Å². The fraction of sp³-hybridized carbons (Fsp3) is 0.800. The van der Waals surface area contributed by atoms with Gasteiger partial charge in [-0.05, 0) is 39.8 Å². The maximum absolute atomic E-state index is 6.10. The zero-order valence-corrected chi connectivity index (χ0v) is 13.7. The number of hydrogen-bond acceptors (Lipinski definition) is 5. The first-order chi connectivity index (χ1) is 9.67. The van der Waals surface area contributed by atoms with Crippen LogP contribution in [0.3, 0.4) is 0 Å². The molecule has 2 heterocycles. The second-order valence-corrected chi connectivity index (χ2v) is 6.78. The Kier molecular flexibility index (Phi) is 6.42. The van der Waals surface area contributed by atoms with Gasteiger partial charge in [0.2, 0.25) is 0 Å². The van der Waals surface area contributed by atoms with Gasteiger partial charge in [-0.1, -0.05) is 6.92 Å². The Balaban J connectivity index is 1.66. The second-order valence-electron chi connectivity index (χ2n) is 5.72. The number of nitrogens with zero attached hydrogens (tertiary/aromatic N) is 2. The van der Waals surface area contributed by atoms with Crippen molar-refractivity contribution >= 4 is 11.3 Å². The third-order valence-electron chi connectivity index (χ3n) is 3.61. The lowest BCUT2D eigenvalue weighted by Gasteiger charge is -2.20. The van der Waals surface area contributed by atoms with Crippen LogP contribution in [0.1, 0.15) is 36.9 Å². The zero-order valence-electron chi connectivity index (χ0n) is 12.9. The van der Waals surface area contributed by atoms with E-state index >= 15 is 0 Å². The summed E-state index contributed by atoms with van der Waals surface area (Å²) < 4.78 is 6.10. The Morgan fingerprint density at radius 1 is 1.45 bits per heavy atom. The van der Waals surface area contributed by atoms with Crippen LogP contribution in [-0.4, -0.2) is 48.8 Å². The molecule has 0 aromatic carbocycles. The van der Waals surface area contributed by atoms with Crippen LogP contribution in [0.4, 0.5) is 0 Å². The maximum Gasteiger partial charge on any atom is 0.0897 e. The molecule has 0 amide bonds. The summed E-state index contributed by atoms with van der Waals surface area (Å²) in [6, 6.07) is 0. The number of ether oxygens (including phenoxy) is 1. The lowest BCUT2D eigenvalue weighted by atomic mass is 10.2. The Labute approximate surface area is 126 Å². The summed E-state index contributed by atoms with van der Waals surface area (Å²) in [7, 11) is 2.15. The monoisotopic (exact) mass is 297 g/mol. The van der Waals surface area contributed by atoms with Gasteiger partial charge in [0.15, 0.2) is 0 Å². The number of aromatic nitrogens is 1. The molecular formula is C15H27N3OS. The third kappa shape index (κ3) is 5.13. The molecule has 4 nitrogen and oxygen atoms in total. The maximum atomic E-state index is 6.10. The first-order valence-electron chi connectivity index (χ1n) is 7.63. The molecule has 1 aliphatic heterocycles. The van der Waals surface area contributed by atoms with E-state index in [0.717, 1.165) is 31.2 Å². The Morgan fingerprint density at radius 2 is 2.25 bits per heavy atom. The largest absolute Gasteiger partial charge is 0.372 e. The van der Waals surface area contributed by atoms with E-state index in [-0.39, 0.29) is 0 Å². The molecule has 1 aromatic heterocycles. The molecule has 20 heavy (non-hydrogen) atoms. The van der Waals surface area contributed by atoms with E-state index < -0.39 is 0 Å². The number of aryl methyl sites for hydroxylation is 1. The highest BCUT2D eigenvalue weighted by atomic mass is 32.1. The number of thiazole rings is 1. The molecule has 2 rings (SSSR count). The van der Waals surface area contributed by atoms with Crippen molar-refractivity contribution in [1.82, 2.24) is 15.2 Å². The Bertz CT molecular complexity index is 396. The number of rotatable bonds is 8. The highest BCUT2D eigenvalue weighted by Crippen LogP contribution is 2.20. The fourth-order valence-corrected chi connectivity index (χ4v) is 3.28. The van der Waals surface area contributed by atoms with Crippen molar-refractivity contribution in [3.8, 4) is 0 Å². The van der Waals surface area contributed by atoms with Crippen LogP contribution in [0, 0.1) is 6.92 Å². The van der Waals surface area contributed by atoms with Crippen molar-refractivity contribution in [2.24, 2.45) is 0 Å². The van der Waals surface area contributed by atoms with E-state index in [4.69, 9.17) is 4.74 Å². The van der Waals surface area contributed by atoms with E-state index in [1.807, 2.05) is 0 Å². The van der Waals surface area contributed by atoms with Crippen molar-refractivity contribution in [3.63, 3.8) is 0 Å². The minimum atomic E-state index is 0.383. The quantitative estimate of drug-likeness (QED) is 0.748. The highest BCUT2D eigenvalue weighted by molar-refractivity contribution is 7.09. The van der Waals surface area contributed by atoms with Crippen LogP contribution in [0.25, 0.3) is 0 Å². The summed E-state index contributed by atoms with van der Waals surface area (Å²) in [6.07, 6.45) is 4.34. The van der Waals surface area contributed by atoms with Gasteiger partial charge in [0, 0.05) is 25.0 Å². The average molecular weight is 297 g/mol. The molecule has 2 atom stereocenters. The molecule has 0 radical (unpaired) electrons. The number of nitrogens with one attached hydrogen (secondary N) is 1. The first kappa shape index (κ1) is 15.9. The van der Waals surface area contributed by atoms with Gasteiger partial charge in [0.1, 0.15) is 0 Å². The number of likely N-dealkylation sites (N-methyl/N-ethyl adjacent to an activating group) is 1. The predicted molar refractivity (Wildman–Crippen MR) is 84.2 cm³/mol. The van der Waals surface area contributed by atoms with Gasteiger partial charge >= 0.3 is 0 Å². The van der Waals surface area contributed by atoms with Crippen LogP contribution in [0.2, 0.25) is 0 Å². The molecule has 1 aliphatic rings. The first-order valence-corrected chi connectivity index (χ1v) is 8.51. The standard InChI is InChI=1S/C15H27N3OS/c1-4-7-16-8-14-5-6-15(19-14)10-18(3)9-13-11-20-12(2)17-13/h11,14-16H,4-10H2,1-3H3. The minimum absolute atomic E-state index is 0.383. The molecular weight excluding hydrogens is 270 g/mol. The van der Waals surface area contributed by atoms with Crippen LogP contribution >= 0.6 is 11.3 Å². The highest BCUT2D eigenvalue weighted by Gasteiger charge is 2.25. The van der Waals surface area contributed by atoms with E-state index in [9.17, 15) is 0 Å². The van der Waals surface area contributed by atoms with Crippen molar-refractivity contribution < 1.29 is 4.74 Å². The molecule has 1 N–H and O–H groups in total. The third-order valence-corrected chi connectivity index (χ3v) is 4.43. The van der Waals surface area contributed by atoms with E-state index in [2.05, 4.69) is 41.5 Å². The molecule has 0 aliphatic carbocycles. The fourth-order valence-electron chi connectivity index (χ4n) is 2.67. The molecule has 114 valence electrons. The molecule has 2 unspecified atom stereocenters. The smallest absolute Gasteiger partial charge is 0.0897 e. The van der Waals surface area contributed by atoms with Gasteiger partial charge in [0.05, 0.1) is 22.9 Å². The van der Waals surface area contributed by atoms with Crippen LogP contribution in [0.5, 0.6) is 0 Å². The van der Waals surface area contributed by atoms with Crippen molar-refractivity contribution in [2.75, 3.05) is 26.7 Å². The second kappa shape index (κ2) is 8.08.